The number of allylic oxidation sites excluding steroid dienone is 2. The van der Waals surface area contributed by atoms with Crippen LogP contribution in [0.4, 0.5) is 5.69 Å². The number of para-hydroxylation sites is 1. The standard InChI is InChI=1S/C22H19N/c1-2-7-19(8-3-1)23-13-12-18-14-21-17(15-22(18)23)11-10-16-6-4-5-9-20(16)21/h1-4,6-8,10-13,15,18H,5,9,14H2. The summed E-state index contributed by atoms with van der Waals surface area (Å²) in [6, 6.07) is 15.2. The molecular weight excluding hydrogens is 278 g/mol. The van der Waals surface area contributed by atoms with Crippen LogP contribution in [0.15, 0.2) is 66.5 Å². The molecule has 23 heavy (non-hydrogen) atoms. The summed E-state index contributed by atoms with van der Waals surface area (Å²) in [7, 11) is 0. The van der Waals surface area contributed by atoms with Gasteiger partial charge in [0.15, 0.2) is 0 Å². The Morgan fingerprint density at radius 2 is 1.78 bits per heavy atom. The predicted molar refractivity (Wildman–Crippen MR) is 97.0 cm³/mol. The quantitative estimate of drug-likeness (QED) is 0.700. The first kappa shape index (κ1) is 13.0. The molecule has 5 rings (SSSR count). The Bertz CT molecular complexity index is 855. The summed E-state index contributed by atoms with van der Waals surface area (Å²) in [5, 5.41) is 0. The predicted octanol–water partition coefficient (Wildman–Crippen LogP) is 5.19. The van der Waals surface area contributed by atoms with Crippen molar-refractivity contribution in [3.05, 3.63) is 88.8 Å². The number of nitrogens with zero attached hydrogens (tertiary/aromatic N) is 1. The van der Waals surface area contributed by atoms with Crippen LogP contribution in [-0.4, -0.2) is 0 Å². The van der Waals surface area contributed by atoms with Crippen molar-refractivity contribution in [1.29, 1.82) is 0 Å². The molecule has 2 aliphatic carbocycles. The summed E-state index contributed by atoms with van der Waals surface area (Å²) in [6.45, 7) is 0. The zero-order chi connectivity index (χ0) is 15.2. The van der Waals surface area contributed by atoms with Crippen LogP contribution >= 0.6 is 0 Å². The first-order chi connectivity index (χ1) is 11.4. The van der Waals surface area contributed by atoms with E-state index in [9.17, 15) is 0 Å². The van der Waals surface area contributed by atoms with E-state index in [-0.39, 0.29) is 0 Å². The Morgan fingerprint density at radius 3 is 2.70 bits per heavy atom. The Balaban J connectivity index is 1.61. The minimum atomic E-state index is 0.514. The minimum absolute atomic E-state index is 0.514. The highest BCUT2D eigenvalue weighted by Gasteiger charge is 2.29. The van der Waals surface area contributed by atoms with Crippen molar-refractivity contribution in [3.63, 3.8) is 0 Å². The summed E-state index contributed by atoms with van der Waals surface area (Å²) in [5.74, 6) is 0.514. The molecule has 0 amide bonds. The Morgan fingerprint density at radius 1 is 0.913 bits per heavy atom. The van der Waals surface area contributed by atoms with Gasteiger partial charge < -0.3 is 4.90 Å². The van der Waals surface area contributed by atoms with Gasteiger partial charge in [0.1, 0.15) is 0 Å². The second kappa shape index (κ2) is 4.99. The Hall–Kier alpha value is -2.54. The van der Waals surface area contributed by atoms with Gasteiger partial charge in [0.05, 0.1) is 0 Å². The van der Waals surface area contributed by atoms with Gasteiger partial charge in [-0.15, -0.1) is 0 Å². The van der Waals surface area contributed by atoms with Crippen molar-refractivity contribution in [3.8, 4) is 0 Å². The number of benzene rings is 2. The molecule has 0 saturated carbocycles. The molecule has 1 heteroatoms. The average molecular weight is 297 g/mol. The summed E-state index contributed by atoms with van der Waals surface area (Å²) in [5.41, 5.74) is 8.65. The van der Waals surface area contributed by atoms with Crippen LogP contribution in [0.1, 0.15) is 28.7 Å². The molecule has 0 spiro atoms. The molecule has 2 aromatic rings. The van der Waals surface area contributed by atoms with Crippen molar-refractivity contribution >= 4 is 17.8 Å². The molecule has 1 heterocycles. The molecule has 1 nitrogen and oxygen atoms in total. The largest absolute Gasteiger partial charge is 0.321 e. The van der Waals surface area contributed by atoms with Crippen molar-refractivity contribution in [2.75, 3.05) is 4.90 Å². The average Bonchev–Trinajstić information content (AvgIpc) is 3.03. The van der Waals surface area contributed by atoms with Gasteiger partial charge in [0, 0.05) is 23.5 Å². The van der Waals surface area contributed by atoms with E-state index in [0.29, 0.717) is 5.92 Å². The number of hydrogen-bond acceptors (Lipinski definition) is 1. The maximum atomic E-state index is 2.40. The molecule has 0 aromatic heterocycles. The first-order valence-electron chi connectivity index (χ1n) is 8.46. The van der Waals surface area contributed by atoms with Gasteiger partial charge in [-0.2, -0.15) is 0 Å². The second-order valence-electron chi connectivity index (χ2n) is 6.57. The molecule has 2 aromatic carbocycles. The fraction of sp³-hybridized carbons (Fsp3) is 0.182. The molecule has 1 aliphatic heterocycles. The fourth-order valence-electron chi connectivity index (χ4n) is 4.10. The van der Waals surface area contributed by atoms with Crippen molar-refractivity contribution in [2.45, 2.75) is 19.3 Å². The smallest absolute Gasteiger partial charge is 0.0452 e. The molecule has 0 saturated heterocycles. The van der Waals surface area contributed by atoms with Crippen molar-refractivity contribution < 1.29 is 0 Å². The lowest BCUT2D eigenvalue weighted by Crippen LogP contribution is -2.20. The number of hydrogen-bond donors (Lipinski definition) is 0. The Kier molecular flexibility index (Phi) is 2.81. The van der Waals surface area contributed by atoms with E-state index in [1.165, 1.54) is 35.4 Å². The van der Waals surface area contributed by atoms with Crippen LogP contribution in [0.25, 0.3) is 12.2 Å². The zero-order valence-electron chi connectivity index (χ0n) is 13.1. The molecule has 1 unspecified atom stereocenters. The number of fused-ring (bicyclic) bond motifs is 4. The molecule has 0 radical (unpaired) electrons. The fourth-order valence-corrected chi connectivity index (χ4v) is 4.10. The molecule has 0 bridgehead atoms. The molecule has 112 valence electrons. The lowest BCUT2D eigenvalue weighted by atomic mass is 9.81. The highest BCUT2D eigenvalue weighted by molar-refractivity contribution is 5.74. The van der Waals surface area contributed by atoms with E-state index in [2.05, 4.69) is 77.9 Å². The van der Waals surface area contributed by atoms with Gasteiger partial charge in [0.25, 0.3) is 0 Å². The van der Waals surface area contributed by atoms with E-state index in [1.807, 2.05) is 0 Å². The van der Waals surface area contributed by atoms with Crippen molar-refractivity contribution in [2.24, 2.45) is 5.92 Å². The van der Waals surface area contributed by atoms with Crippen LogP contribution in [0.3, 0.4) is 0 Å². The SMILES string of the molecule is C1=Cc2ccc3c(c2CC1)CC1C=CN(c2ccccc2)C1=C3. The third-order valence-electron chi connectivity index (χ3n) is 5.25. The summed E-state index contributed by atoms with van der Waals surface area (Å²) >= 11 is 0. The van der Waals surface area contributed by atoms with Gasteiger partial charge in [0.2, 0.25) is 0 Å². The van der Waals surface area contributed by atoms with E-state index in [1.54, 1.807) is 11.1 Å². The van der Waals surface area contributed by atoms with Crippen molar-refractivity contribution in [1.82, 2.24) is 0 Å². The van der Waals surface area contributed by atoms with Gasteiger partial charge >= 0.3 is 0 Å². The minimum Gasteiger partial charge on any atom is -0.321 e. The number of anilines is 1. The monoisotopic (exact) mass is 297 g/mol. The summed E-state index contributed by atoms with van der Waals surface area (Å²) < 4.78 is 0. The highest BCUT2D eigenvalue weighted by Crippen LogP contribution is 2.40. The molecule has 3 aliphatic rings. The number of rotatable bonds is 1. The first-order valence-corrected chi connectivity index (χ1v) is 8.46. The highest BCUT2D eigenvalue weighted by atomic mass is 15.1. The van der Waals surface area contributed by atoms with Crippen LogP contribution in [-0.2, 0) is 12.8 Å². The third-order valence-corrected chi connectivity index (χ3v) is 5.25. The topological polar surface area (TPSA) is 3.24 Å². The lowest BCUT2D eigenvalue weighted by molar-refractivity contribution is 0.743. The normalized spacial score (nSPS) is 20.8. The maximum absolute atomic E-state index is 2.40. The summed E-state index contributed by atoms with van der Waals surface area (Å²) in [4.78, 5) is 2.34. The van der Waals surface area contributed by atoms with Crippen LogP contribution in [0, 0.1) is 5.92 Å². The van der Waals surface area contributed by atoms with Crippen LogP contribution in [0.2, 0.25) is 0 Å². The van der Waals surface area contributed by atoms with E-state index >= 15 is 0 Å². The molecule has 0 N–H and O–H groups in total. The molecule has 1 atom stereocenters. The third kappa shape index (κ3) is 2.00. The van der Waals surface area contributed by atoms with E-state index in [0.717, 1.165) is 6.42 Å². The van der Waals surface area contributed by atoms with Gasteiger partial charge in [-0.25, -0.2) is 0 Å². The molecular formula is C22H19N. The maximum Gasteiger partial charge on any atom is 0.0452 e. The summed E-state index contributed by atoms with van der Waals surface area (Å²) in [6.07, 6.45) is 15.1. The van der Waals surface area contributed by atoms with Crippen LogP contribution < -0.4 is 4.90 Å². The molecule has 0 fully saturated rings. The van der Waals surface area contributed by atoms with Crippen LogP contribution in [0.5, 0.6) is 0 Å². The lowest BCUT2D eigenvalue weighted by Gasteiger charge is -2.29. The second-order valence-corrected chi connectivity index (χ2v) is 6.57. The zero-order valence-corrected chi connectivity index (χ0v) is 13.1. The van der Waals surface area contributed by atoms with Gasteiger partial charge in [-0.3, -0.25) is 0 Å². The van der Waals surface area contributed by atoms with Gasteiger partial charge in [-0.1, -0.05) is 48.6 Å². The van der Waals surface area contributed by atoms with Gasteiger partial charge in [-0.05, 0) is 59.7 Å². The van der Waals surface area contributed by atoms with E-state index < -0.39 is 0 Å². The van der Waals surface area contributed by atoms with E-state index in [4.69, 9.17) is 0 Å². The Labute approximate surface area is 137 Å².